The Hall–Kier alpha value is -0.770. The van der Waals surface area contributed by atoms with Crippen LogP contribution >= 0.6 is 11.6 Å². The quantitative estimate of drug-likeness (QED) is 0.913. The lowest BCUT2D eigenvalue weighted by Gasteiger charge is -2.23. The van der Waals surface area contributed by atoms with Gasteiger partial charge < -0.3 is 15.4 Å². The molecule has 1 aromatic carbocycles. The summed E-state index contributed by atoms with van der Waals surface area (Å²) in [6, 6.07) is 3.79. The fourth-order valence-electron chi connectivity index (χ4n) is 2.65. The third-order valence-corrected chi connectivity index (χ3v) is 3.74. The summed E-state index contributed by atoms with van der Waals surface area (Å²) in [5.74, 6) is 0.867. The van der Waals surface area contributed by atoms with Gasteiger partial charge in [-0.25, -0.2) is 0 Å². The number of rotatable bonds is 4. The molecule has 0 saturated carbocycles. The molecule has 1 fully saturated rings. The van der Waals surface area contributed by atoms with E-state index in [0.29, 0.717) is 0 Å². The number of likely N-dealkylation sites (tertiary alicyclic amines) is 1. The van der Waals surface area contributed by atoms with Crippen molar-refractivity contribution < 1.29 is 4.74 Å². The Balaban J connectivity index is 2.19. The maximum Gasteiger partial charge on any atom is 0.126 e. The van der Waals surface area contributed by atoms with Crippen LogP contribution in [0.4, 0.5) is 0 Å². The largest absolute Gasteiger partial charge is 0.496 e. The summed E-state index contributed by atoms with van der Waals surface area (Å²) < 4.78 is 5.46. The summed E-state index contributed by atoms with van der Waals surface area (Å²) in [4.78, 5) is 2.40. The van der Waals surface area contributed by atoms with E-state index in [1.807, 2.05) is 19.1 Å². The molecule has 1 aromatic rings. The summed E-state index contributed by atoms with van der Waals surface area (Å²) in [5.41, 5.74) is 8.36. The minimum Gasteiger partial charge on any atom is -0.496 e. The molecule has 0 bridgehead atoms. The molecule has 0 amide bonds. The van der Waals surface area contributed by atoms with Crippen LogP contribution in [0.1, 0.15) is 30.0 Å². The van der Waals surface area contributed by atoms with E-state index >= 15 is 0 Å². The van der Waals surface area contributed by atoms with Crippen LogP contribution in [0.3, 0.4) is 0 Å². The van der Waals surface area contributed by atoms with E-state index in [4.69, 9.17) is 22.1 Å². The number of benzene rings is 1. The summed E-state index contributed by atoms with van der Waals surface area (Å²) in [6.07, 6.45) is 2.55. The Morgan fingerprint density at radius 2 is 2.06 bits per heavy atom. The van der Waals surface area contributed by atoms with Gasteiger partial charge in [0.05, 0.1) is 7.11 Å². The minimum absolute atomic E-state index is 0.0459. The van der Waals surface area contributed by atoms with E-state index in [0.717, 1.165) is 41.5 Å². The molecule has 18 heavy (non-hydrogen) atoms. The number of halogens is 1. The average Bonchev–Trinajstić information content (AvgIpc) is 2.80. The van der Waals surface area contributed by atoms with Gasteiger partial charge in [0.1, 0.15) is 5.75 Å². The van der Waals surface area contributed by atoms with Crippen LogP contribution in [0.15, 0.2) is 12.1 Å². The van der Waals surface area contributed by atoms with Crippen molar-refractivity contribution in [2.24, 2.45) is 5.73 Å². The third-order valence-electron chi connectivity index (χ3n) is 3.53. The molecule has 3 nitrogen and oxygen atoms in total. The van der Waals surface area contributed by atoms with Gasteiger partial charge in [0, 0.05) is 23.2 Å². The Kier molecular flexibility index (Phi) is 4.49. The first-order valence-electron chi connectivity index (χ1n) is 6.43. The molecule has 1 atom stereocenters. The predicted octanol–water partition coefficient (Wildman–Crippen LogP) is 2.75. The number of aryl methyl sites for hydroxylation is 1. The summed E-state index contributed by atoms with van der Waals surface area (Å²) in [7, 11) is 1.68. The van der Waals surface area contributed by atoms with Crippen molar-refractivity contribution in [1.29, 1.82) is 0 Å². The average molecular weight is 269 g/mol. The van der Waals surface area contributed by atoms with Gasteiger partial charge in [-0.05, 0) is 50.6 Å². The van der Waals surface area contributed by atoms with Crippen LogP contribution in [0, 0.1) is 6.92 Å². The highest BCUT2D eigenvalue weighted by Crippen LogP contribution is 2.31. The molecule has 1 unspecified atom stereocenters. The predicted molar refractivity (Wildman–Crippen MR) is 75.3 cm³/mol. The number of ether oxygens (including phenoxy) is 1. The number of nitrogens with zero attached hydrogens (tertiary/aromatic N) is 1. The van der Waals surface area contributed by atoms with Crippen LogP contribution < -0.4 is 10.5 Å². The molecule has 2 N–H and O–H groups in total. The van der Waals surface area contributed by atoms with Crippen molar-refractivity contribution in [2.75, 3.05) is 26.7 Å². The van der Waals surface area contributed by atoms with Crippen molar-refractivity contribution in [3.63, 3.8) is 0 Å². The highest BCUT2D eigenvalue weighted by Gasteiger charge is 2.20. The van der Waals surface area contributed by atoms with Crippen LogP contribution in [0.2, 0.25) is 5.02 Å². The zero-order chi connectivity index (χ0) is 13.1. The lowest BCUT2D eigenvalue weighted by Crippen LogP contribution is -2.30. The van der Waals surface area contributed by atoms with Crippen LogP contribution in [-0.2, 0) is 0 Å². The van der Waals surface area contributed by atoms with Gasteiger partial charge >= 0.3 is 0 Å². The van der Waals surface area contributed by atoms with Gasteiger partial charge in [0.25, 0.3) is 0 Å². The first-order valence-corrected chi connectivity index (χ1v) is 6.81. The Bertz CT molecular complexity index is 417. The maximum atomic E-state index is 6.31. The van der Waals surface area contributed by atoms with Gasteiger partial charge in [-0.1, -0.05) is 11.6 Å². The molecule has 100 valence electrons. The van der Waals surface area contributed by atoms with E-state index in [-0.39, 0.29) is 6.04 Å². The monoisotopic (exact) mass is 268 g/mol. The summed E-state index contributed by atoms with van der Waals surface area (Å²) >= 11 is 6.12. The first-order chi connectivity index (χ1) is 8.61. The molecule has 0 spiro atoms. The summed E-state index contributed by atoms with van der Waals surface area (Å²) in [5, 5.41) is 0.722. The molecule has 2 rings (SSSR count). The van der Waals surface area contributed by atoms with Crippen molar-refractivity contribution in [1.82, 2.24) is 4.90 Å². The Labute approximate surface area is 114 Å². The fraction of sp³-hybridized carbons (Fsp3) is 0.571. The second kappa shape index (κ2) is 5.91. The molecule has 1 aliphatic heterocycles. The van der Waals surface area contributed by atoms with E-state index in [1.165, 1.54) is 12.8 Å². The van der Waals surface area contributed by atoms with E-state index in [2.05, 4.69) is 4.90 Å². The van der Waals surface area contributed by atoms with Gasteiger partial charge in [-0.3, -0.25) is 0 Å². The van der Waals surface area contributed by atoms with Gasteiger partial charge in [-0.2, -0.15) is 0 Å². The zero-order valence-electron chi connectivity index (χ0n) is 11.1. The second-order valence-electron chi connectivity index (χ2n) is 4.96. The van der Waals surface area contributed by atoms with E-state index in [1.54, 1.807) is 7.11 Å². The number of methoxy groups -OCH3 is 1. The molecule has 0 aliphatic carbocycles. The Morgan fingerprint density at radius 1 is 1.39 bits per heavy atom. The minimum atomic E-state index is -0.0459. The van der Waals surface area contributed by atoms with Crippen LogP contribution in [0.5, 0.6) is 5.75 Å². The number of hydrogen-bond acceptors (Lipinski definition) is 3. The fourth-order valence-corrected chi connectivity index (χ4v) is 2.93. The van der Waals surface area contributed by atoms with Crippen molar-refractivity contribution >= 4 is 11.6 Å². The lowest BCUT2D eigenvalue weighted by molar-refractivity contribution is 0.311. The number of nitrogens with two attached hydrogens (primary N) is 1. The molecular formula is C14H21ClN2O. The molecule has 0 aromatic heterocycles. The molecule has 1 heterocycles. The van der Waals surface area contributed by atoms with Gasteiger partial charge in [0.15, 0.2) is 0 Å². The molecule has 0 radical (unpaired) electrons. The lowest BCUT2D eigenvalue weighted by atomic mass is 10.0. The maximum absolute atomic E-state index is 6.31. The normalized spacial score (nSPS) is 18.0. The highest BCUT2D eigenvalue weighted by atomic mass is 35.5. The second-order valence-corrected chi connectivity index (χ2v) is 5.40. The first kappa shape index (κ1) is 13.7. The SMILES string of the molecule is COc1c(C)cc(Cl)cc1C(N)CN1CCCC1. The van der Waals surface area contributed by atoms with Crippen molar-refractivity contribution in [2.45, 2.75) is 25.8 Å². The van der Waals surface area contributed by atoms with Gasteiger partial charge in [-0.15, -0.1) is 0 Å². The molecule has 1 saturated heterocycles. The van der Waals surface area contributed by atoms with Crippen molar-refractivity contribution in [3.8, 4) is 5.75 Å². The number of hydrogen-bond donors (Lipinski definition) is 1. The van der Waals surface area contributed by atoms with Crippen molar-refractivity contribution in [3.05, 3.63) is 28.3 Å². The van der Waals surface area contributed by atoms with E-state index < -0.39 is 0 Å². The molecular weight excluding hydrogens is 248 g/mol. The Morgan fingerprint density at radius 3 is 2.67 bits per heavy atom. The standard InChI is InChI=1S/C14H21ClN2O/c1-10-7-11(15)8-12(14(10)18-2)13(16)9-17-5-3-4-6-17/h7-8,13H,3-6,9,16H2,1-2H3. The molecule has 1 aliphatic rings. The zero-order valence-corrected chi connectivity index (χ0v) is 11.8. The smallest absolute Gasteiger partial charge is 0.126 e. The van der Waals surface area contributed by atoms with E-state index in [9.17, 15) is 0 Å². The van der Waals surface area contributed by atoms with Crippen LogP contribution in [0.25, 0.3) is 0 Å². The van der Waals surface area contributed by atoms with Gasteiger partial charge in [0.2, 0.25) is 0 Å². The highest BCUT2D eigenvalue weighted by molar-refractivity contribution is 6.30. The van der Waals surface area contributed by atoms with Crippen LogP contribution in [-0.4, -0.2) is 31.6 Å². The molecule has 4 heteroatoms. The topological polar surface area (TPSA) is 38.5 Å². The summed E-state index contributed by atoms with van der Waals surface area (Å²) in [6.45, 7) is 5.16. The third kappa shape index (κ3) is 2.97.